The van der Waals surface area contributed by atoms with Gasteiger partial charge in [0.15, 0.2) is 12.4 Å². The Morgan fingerprint density at radius 2 is 1.63 bits per heavy atom. The average molecular weight is 715 g/mol. The lowest BCUT2D eigenvalue weighted by Gasteiger charge is -2.69. The highest BCUT2D eigenvalue weighted by molar-refractivity contribution is 6.02. The number of rotatable bonds is 9. The molecule has 8 heteroatoms. The van der Waals surface area contributed by atoms with E-state index in [1.54, 1.807) is 19.2 Å². The molecule has 2 N–H and O–H groups in total. The topological polar surface area (TPSA) is 119 Å². The Morgan fingerprint density at radius 3 is 2.33 bits per heavy atom. The molecular weight excluding hydrogens is 656 g/mol. The zero-order valence-corrected chi connectivity index (χ0v) is 32.3. The molecule has 0 saturated heterocycles. The molecule has 10 atom stereocenters. The van der Waals surface area contributed by atoms with Gasteiger partial charge < -0.3 is 24.4 Å². The van der Waals surface area contributed by atoms with Crippen molar-refractivity contribution in [1.82, 2.24) is 0 Å². The number of benzene rings is 2. The van der Waals surface area contributed by atoms with Crippen molar-refractivity contribution in [2.24, 2.45) is 39.9 Å². The van der Waals surface area contributed by atoms with Gasteiger partial charge in [0.05, 0.1) is 19.3 Å². The monoisotopic (exact) mass is 714 g/mol. The summed E-state index contributed by atoms with van der Waals surface area (Å²) in [6.45, 7) is 14.1. The maximum Gasteiger partial charge on any atom is 0.334 e. The number of methoxy groups -OCH3 is 1. The number of ether oxygens (including phenoxy) is 3. The first kappa shape index (κ1) is 38.2. The van der Waals surface area contributed by atoms with Crippen molar-refractivity contribution in [3.8, 4) is 5.75 Å². The van der Waals surface area contributed by atoms with Crippen LogP contribution in [-0.2, 0) is 19.1 Å². The molecule has 2 aromatic carbocycles. The van der Waals surface area contributed by atoms with Crippen molar-refractivity contribution < 1.29 is 38.8 Å². The van der Waals surface area contributed by atoms with E-state index in [2.05, 4.69) is 33.8 Å². The number of aliphatic hydroxyl groups is 2. The first-order chi connectivity index (χ1) is 24.5. The maximum atomic E-state index is 14.3. The molecule has 282 valence electrons. The predicted octanol–water partition coefficient (Wildman–Crippen LogP) is 8.17. The molecule has 4 saturated carbocycles. The second-order valence-corrected chi connectivity index (χ2v) is 17.3. The van der Waals surface area contributed by atoms with Gasteiger partial charge in [-0.25, -0.2) is 4.79 Å². The van der Waals surface area contributed by atoms with Gasteiger partial charge in [0.2, 0.25) is 0 Å². The highest BCUT2D eigenvalue weighted by atomic mass is 16.5. The predicted molar refractivity (Wildman–Crippen MR) is 201 cm³/mol. The van der Waals surface area contributed by atoms with E-state index in [-0.39, 0.29) is 45.9 Å². The van der Waals surface area contributed by atoms with Gasteiger partial charge in [-0.1, -0.05) is 57.5 Å². The van der Waals surface area contributed by atoms with E-state index in [9.17, 15) is 24.6 Å². The fourth-order valence-corrected chi connectivity index (χ4v) is 11.6. The first-order valence-electron chi connectivity index (χ1n) is 19.2. The number of allylic oxidation sites excluding steroid dienone is 2. The van der Waals surface area contributed by atoms with Crippen molar-refractivity contribution in [3.05, 3.63) is 64.8 Å². The van der Waals surface area contributed by atoms with Gasteiger partial charge in [-0.05, 0) is 140 Å². The van der Waals surface area contributed by atoms with Gasteiger partial charge in [-0.2, -0.15) is 0 Å². The van der Waals surface area contributed by atoms with Gasteiger partial charge in [0.1, 0.15) is 11.9 Å². The number of ketones is 1. The van der Waals surface area contributed by atoms with Crippen LogP contribution in [-0.4, -0.2) is 60.0 Å². The summed E-state index contributed by atoms with van der Waals surface area (Å²) in [5.74, 6) is -0.342. The molecule has 0 radical (unpaired) electrons. The highest BCUT2D eigenvalue weighted by Crippen LogP contribution is 2.74. The van der Waals surface area contributed by atoms with E-state index in [0.717, 1.165) is 53.4 Å². The number of hydrogen-bond acceptors (Lipinski definition) is 8. The van der Waals surface area contributed by atoms with E-state index in [1.807, 2.05) is 38.1 Å². The third-order valence-corrected chi connectivity index (χ3v) is 14.3. The molecule has 0 bridgehead atoms. The number of esters is 2. The van der Waals surface area contributed by atoms with E-state index < -0.39 is 30.8 Å². The van der Waals surface area contributed by atoms with Gasteiger partial charge >= 0.3 is 11.9 Å². The molecule has 0 spiro atoms. The van der Waals surface area contributed by atoms with Crippen LogP contribution in [0.25, 0.3) is 10.8 Å². The third-order valence-electron chi connectivity index (χ3n) is 14.3. The smallest absolute Gasteiger partial charge is 0.334 e. The average Bonchev–Trinajstić information content (AvgIpc) is 3.37. The Kier molecular flexibility index (Phi) is 10.6. The van der Waals surface area contributed by atoms with Crippen LogP contribution in [0.5, 0.6) is 5.75 Å². The van der Waals surface area contributed by atoms with Crippen molar-refractivity contribution in [2.75, 3.05) is 13.7 Å². The zero-order valence-electron chi connectivity index (χ0n) is 32.3. The summed E-state index contributed by atoms with van der Waals surface area (Å²) in [5.41, 5.74) is 1.91. The van der Waals surface area contributed by atoms with Crippen molar-refractivity contribution in [2.45, 2.75) is 118 Å². The molecule has 8 nitrogen and oxygen atoms in total. The van der Waals surface area contributed by atoms with Crippen LogP contribution in [0.3, 0.4) is 0 Å². The first-order valence-corrected chi connectivity index (χ1v) is 19.2. The maximum absolute atomic E-state index is 14.3. The summed E-state index contributed by atoms with van der Waals surface area (Å²) in [5, 5.41) is 24.9. The minimum absolute atomic E-state index is 0.00554. The number of carbonyl (C=O) groups excluding carboxylic acids is 3. The van der Waals surface area contributed by atoms with Crippen molar-refractivity contribution in [1.29, 1.82) is 0 Å². The minimum Gasteiger partial charge on any atom is -0.497 e. The molecule has 52 heavy (non-hydrogen) atoms. The molecule has 0 aliphatic heterocycles. The van der Waals surface area contributed by atoms with Gasteiger partial charge in [0.25, 0.3) is 0 Å². The van der Waals surface area contributed by atoms with Crippen LogP contribution in [0, 0.1) is 39.9 Å². The zero-order chi connectivity index (χ0) is 37.7. The minimum atomic E-state index is -0.643. The molecule has 4 aliphatic rings. The standard InChI is InChI=1S/C44H58O8/c1-25(2)10-9-11-32(41(49)51-24-37(48)30-13-12-29-21-31(50-8)15-14-28(29)20-30)39-34-22-36(47)40-42(5)18-17-35(46)26(3)33(42)16-19-43(40,6)44(34,7)23-38(39)52-27(4)45/h10,12-15,20-21,26,33-36,38,40,46-47H,9,11,16-19,22-24H2,1-8H3/b39-32-/t26-,33-,34-,35+,36+,38-,40+,42-,43-,44-/m0/s1. The van der Waals surface area contributed by atoms with E-state index in [0.29, 0.717) is 42.7 Å². The van der Waals surface area contributed by atoms with E-state index in [4.69, 9.17) is 14.2 Å². The fraction of sp³-hybridized carbons (Fsp3) is 0.614. The van der Waals surface area contributed by atoms with E-state index in [1.165, 1.54) is 6.92 Å². The highest BCUT2D eigenvalue weighted by Gasteiger charge is 2.70. The summed E-state index contributed by atoms with van der Waals surface area (Å²) >= 11 is 0. The Hall–Kier alpha value is -3.49. The second-order valence-electron chi connectivity index (χ2n) is 17.3. The molecule has 6 rings (SSSR count). The number of Topliss-reactive ketones (excluding diaryl/α,β-unsaturated/α-hetero) is 1. The molecular formula is C44H58O8. The summed E-state index contributed by atoms with van der Waals surface area (Å²) in [7, 11) is 1.61. The van der Waals surface area contributed by atoms with E-state index >= 15 is 0 Å². The molecule has 0 heterocycles. The third kappa shape index (κ3) is 6.52. The molecule has 2 aromatic rings. The lowest BCUT2D eigenvalue weighted by molar-refractivity contribution is -0.234. The number of aliphatic hydroxyl groups excluding tert-OH is 2. The van der Waals surface area contributed by atoms with Crippen molar-refractivity contribution in [3.63, 3.8) is 0 Å². The summed E-state index contributed by atoms with van der Waals surface area (Å²) in [6.07, 6.45) is 5.83. The lowest BCUT2D eigenvalue weighted by Crippen LogP contribution is -2.65. The quantitative estimate of drug-likeness (QED) is 0.116. The number of carbonyl (C=O) groups is 3. The Bertz CT molecular complexity index is 1790. The fourth-order valence-electron chi connectivity index (χ4n) is 11.6. The summed E-state index contributed by atoms with van der Waals surface area (Å²) in [6, 6.07) is 11.0. The molecule has 0 aromatic heterocycles. The van der Waals surface area contributed by atoms with Crippen LogP contribution in [0.15, 0.2) is 59.2 Å². The van der Waals surface area contributed by atoms with Crippen molar-refractivity contribution >= 4 is 28.5 Å². The molecule has 0 amide bonds. The van der Waals surface area contributed by atoms with Crippen LogP contribution < -0.4 is 4.74 Å². The second kappa shape index (κ2) is 14.4. The molecule has 4 aliphatic carbocycles. The largest absolute Gasteiger partial charge is 0.497 e. The van der Waals surface area contributed by atoms with Crippen LogP contribution in [0.2, 0.25) is 0 Å². The van der Waals surface area contributed by atoms with Crippen LogP contribution >= 0.6 is 0 Å². The van der Waals surface area contributed by atoms with Crippen LogP contribution in [0.4, 0.5) is 0 Å². The normalized spacial score (nSPS) is 36.2. The van der Waals surface area contributed by atoms with Gasteiger partial charge in [0, 0.05) is 18.1 Å². The SMILES string of the molecule is COc1ccc2cc(C(=O)COC(=O)/C(CCC=C(C)C)=C3\[C@@H](OC(C)=O)C[C@@]4(C)[C@H]3C[C@@H](O)[C@@H]3[C@@]5(C)CC[C@@H](O)[C@@H](C)[C@@H]5CC[C@@]34C)ccc2c1. The molecule has 4 fully saturated rings. The Balaban J connectivity index is 1.35. The summed E-state index contributed by atoms with van der Waals surface area (Å²) < 4.78 is 17.3. The Morgan fingerprint density at radius 1 is 0.923 bits per heavy atom. The summed E-state index contributed by atoms with van der Waals surface area (Å²) in [4.78, 5) is 40.4. The number of fused-ring (bicyclic) bond motifs is 6. The Labute approximate surface area is 309 Å². The van der Waals surface area contributed by atoms with Gasteiger partial charge in [-0.15, -0.1) is 0 Å². The number of hydrogen-bond donors (Lipinski definition) is 2. The lowest BCUT2D eigenvalue weighted by atomic mass is 9.36. The molecule has 0 unspecified atom stereocenters. The van der Waals surface area contributed by atoms with Gasteiger partial charge in [-0.3, -0.25) is 9.59 Å². The van der Waals surface area contributed by atoms with Crippen LogP contribution in [0.1, 0.15) is 110 Å².